The molecule has 7 nitrogen and oxygen atoms in total. The predicted molar refractivity (Wildman–Crippen MR) is 156 cm³/mol. The minimum Gasteiger partial charge on any atom is -0.352 e. The Bertz CT molecular complexity index is 1390. The molecule has 0 spiro atoms. The van der Waals surface area contributed by atoms with Crippen LogP contribution in [0.15, 0.2) is 77.7 Å². The fraction of sp³-hybridized carbons (Fsp3) is 0.333. The number of nitrogens with zero attached hydrogens (tertiary/aromatic N) is 2. The van der Waals surface area contributed by atoms with Gasteiger partial charge in [0.1, 0.15) is 12.6 Å². The number of amides is 2. The van der Waals surface area contributed by atoms with E-state index < -0.39 is 28.5 Å². The highest BCUT2D eigenvalue weighted by Gasteiger charge is 2.33. The second-order valence-electron chi connectivity index (χ2n) is 9.87. The van der Waals surface area contributed by atoms with Crippen molar-refractivity contribution in [1.29, 1.82) is 0 Å². The number of halogens is 1. The SMILES string of the molecule is Cc1ccc(S(=O)(=O)N(CC(=O)N(CCc2ccccc2)[C@H](C)C(=O)NC(C)C)c2cccc(Cl)c2C)cc1. The summed E-state index contributed by atoms with van der Waals surface area (Å²) in [4.78, 5) is 28.4. The Balaban J connectivity index is 2.02. The smallest absolute Gasteiger partial charge is 0.264 e. The van der Waals surface area contributed by atoms with Gasteiger partial charge in [-0.2, -0.15) is 0 Å². The first kappa shape index (κ1) is 30.2. The number of hydrogen-bond acceptors (Lipinski definition) is 4. The molecule has 3 aromatic carbocycles. The van der Waals surface area contributed by atoms with Gasteiger partial charge in [0.15, 0.2) is 0 Å². The van der Waals surface area contributed by atoms with Crippen molar-refractivity contribution >= 4 is 39.1 Å². The summed E-state index contributed by atoms with van der Waals surface area (Å²) in [6, 6.07) is 20.1. The van der Waals surface area contributed by atoms with E-state index in [0.29, 0.717) is 22.7 Å². The van der Waals surface area contributed by atoms with E-state index in [1.165, 1.54) is 17.0 Å². The zero-order chi connectivity index (χ0) is 28.7. The molecule has 1 atom stereocenters. The average Bonchev–Trinajstić information content (AvgIpc) is 2.89. The lowest BCUT2D eigenvalue weighted by Gasteiger charge is -2.32. The average molecular weight is 570 g/mol. The lowest BCUT2D eigenvalue weighted by Crippen LogP contribution is -2.53. The molecule has 3 rings (SSSR count). The van der Waals surface area contributed by atoms with Crippen LogP contribution in [0.1, 0.15) is 37.5 Å². The molecule has 9 heteroatoms. The molecule has 0 aliphatic carbocycles. The molecular formula is C30H36ClN3O4S. The summed E-state index contributed by atoms with van der Waals surface area (Å²) in [7, 11) is -4.14. The van der Waals surface area contributed by atoms with Gasteiger partial charge >= 0.3 is 0 Å². The number of aryl methyl sites for hydroxylation is 1. The fourth-order valence-electron chi connectivity index (χ4n) is 4.19. The van der Waals surface area contributed by atoms with Crippen molar-refractivity contribution < 1.29 is 18.0 Å². The first-order chi connectivity index (χ1) is 18.4. The molecule has 0 aliphatic rings. The van der Waals surface area contributed by atoms with Crippen molar-refractivity contribution in [2.45, 2.75) is 58.0 Å². The first-order valence-corrected chi connectivity index (χ1v) is 14.7. The van der Waals surface area contributed by atoms with Crippen molar-refractivity contribution in [3.8, 4) is 0 Å². The van der Waals surface area contributed by atoms with Gasteiger partial charge in [-0.1, -0.05) is 65.7 Å². The maximum absolute atomic E-state index is 13.9. The van der Waals surface area contributed by atoms with Crippen molar-refractivity contribution in [3.63, 3.8) is 0 Å². The number of benzene rings is 3. The van der Waals surface area contributed by atoms with Crippen molar-refractivity contribution in [2.24, 2.45) is 0 Å². The minimum absolute atomic E-state index is 0.0571. The lowest BCUT2D eigenvalue weighted by atomic mass is 10.1. The Kier molecular flexibility index (Phi) is 10.2. The molecule has 0 saturated carbocycles. The minimum atomic E-state index is -4.14. The number of sulfonamides is 1. The third-order valence-corrected chi connectivity index (χ3v) is 8.66. The second-order valence-corrected chi connectivity index (χ2v) is 12.1. The highest BCUT2D eigenvalue weighted by Crippen LogP contribution is 2.31. The van der Waals surface area contributed by atoms with Crippen molar-refractivity contribution in [3.05, 3.63) is 94.5 Å². The molecule has 0 fully saturated rings. The van der Waals surface area contributed by atoms with Gasteiger partial charge in [0, 0.05) is 17.6 Å². The summed E-state index contributed by atoms with van der Waals surface area (Å²) < 4.78 is 28.9. The van der Waals surface area contributed by atoms with Gasteiger partial charge in [-0.15, -0.1) is 0 Å². The van der Waals surface area contributed by atoms with E-state index in [2.05, 4.69) is 5.32 Å². The highest BCUT2D eigenvalue weighted by molar-refractivity contribution is 7.92. The Hall–Kier alpha value is -3.36. The molecule has 0 unspecified atom stereocenters. The number of hydrogen-bond donors (Lipinski definition) is 1. The number of nitrogens with one attached hydrogen (secondary N) is 1. The largest absolute Gasteiger partial charge is 0.352 e. The quantitative estimate of drug-likeness (QED) is 0.346. The van der Waals surface area contributed by atoms with Crippen LogP contribution in [0, 0.1) is 13.8 Å². The summed E-state index contributed by atoms with van der Waals surface area (Å²) in [6.45, 7) is 8.67. The monoisotopic (exact) mass is 569 g/mol. The number of carbonyl (C=O) groups excluding carboxylic acids is 2. The van der Waals surface area contributed by atoms with E-state index in [1.54, 1.807) is 44.2 Å². The van der Waals surface area contributed by atoms with Crippen LogP contribution < -0.4 is 9.62 Å². The Morgan fingerprint density at radius 1 is 0.897 bits per heavy atom. The second kappa shape index (κ2) is 13.1. The first-order valence-electron chi connectivity index (χ1n) is 12.9. The van der Waals surface area contributed by atoms with Crippen LogP contribution in [0.4, 0.5) is 5.69 Å². The molecule has 208 valence electrons. The van der Waals surface area contributed by atoms with Crippen LogP contribution >= 0.6 is 11.6 Å². The third kappa shape index (κ3) is 7.61. The molecule has 0 aliphatic heterocycles. The van der Waals surface area contributed by atoms with Crippen LogP contribution in [0.25, 0.3) is 0 Å². The summed E-state index contributed by atoms with van der Waals surface area (Å²) in [5.74, 6) is -0.800. The Labute approximate surface area is 236 Å². The van der Waals surface area contributed by atoms with E-state index in [9.17, 15) is 18.0 Å². The molecule has 0 heterocycles. The maximum atomic E-state index is 13.9. The summed E-state index contributed by atoms with van der Waals surface area (Å²) in [6.07, 6.45) is 0.507. The molecule has 0 saturated heterocycles. The van der Waals surface area contributed by atoms with E-state index in [0.717, 1.165) is 15.4 Å². The van der Waals surface area contributed by atoms with Gasteiger partial charge in [0.25, 0.3) is 10.0 Å². The molecule has 0 bridgehead atoms. The van der Waals surface area contributed by atoms with Gasteiger partial charge in [0.2, 0.25) is 11.8 Å². The molecule has 2 amide bonds. The van der Waals surface area contributed by atoms with Crippen LogP contribution in [0.3, 0.4) is 0 Å². The predicted octanol–water partition coefficient (Wildman–Crippen LogP) is 5.14. The van der Waals surface area contributed by atoms with Gasteiger partial charge in [0.05, 0.1) is 10.6 Å². The molecule has 3 aromatic rings. The maximum Gasteiger partial charge on any atom is 0.264 e. The highest BCUT2D eigenvalue weighted by atomic mass is 35.5. The standard InChI is InChI=1S/C30H36ClN3O4S/c1-21(2)32-30(36)24(5)33(19-18-25-10-7-6-8-11-25)29(35)20-34(28-13-9-12-27(31)23(28)4)39(37,38)26-16-14-22(3)15-17-26/h6-17,21,24H,18-20H2,1-5H3,(H,32,36)/t24-/m1/s1. The zero-order valence-electron chi connectivity index (χ0n) is 23.0. The van der Waals surface area contributed by atoms with E-state index in [-0.39, 0.29) is 23.4 Å². The molecule has 0 radical (unpaired) electrons. The van der Waals surface area contributed by atoms with E-state index in [1.807, 2.05) is 51.1 Å². The van der Waals surface area contributed by atoms with Gasteiger partial charge < -0.3 is 10.2 Å². The molecule has 0 aromatic heterocycles. The Morgan fingerprint density at radius 3 is 2.15 bits per heavy atom. The van der Waals surface area contributed by atoms with E-state index in [4.69, 9.17) is 11.6 Å². The van der Waals surface area contributed by atoms with Crippen LogP contribution in [-0.2, 0) is 26.0 Å². The topological polar surface area (TPSA) is 86.8 Å². The zero-order valence-corrected chi connectivity index (χ0v) is 24.6. The van der Waals surface area contributed by atoms with Crippen LogP contribution in [-0.4, -0.2) is 50.3 Å². The van der Waals surface area contributed by atoms with Crippen LogP contribution in [0.2, 0.25) is 5.02 Å². The van der Waals surface area contributed by atoms with Gasteiger partial charge in [-0.25, -0.2) is 8.42 Å². The number of rotatable bonds is 11. The lowest BCUT2D eigenvalue weighted by molar-refractivity contribution is -0.139. The van der Waals surface area contributed by atoms with Gasteiger partial charge in [-0.3, -0.25) is 13.9 Å². The summed E-state index contributed by atoms with van der Waals surface area (Å²) in [5.41, 5.74) is 2.75. The molecule has 1 N–H and O–H groups in total. The van der Waals surface area contributed by atoms with E-state index >= 15 is 0 Å². The molecule has 39 heavy (non-hydrogen) atoms. The van der Waals surface area contributed by atoms with Gasteiger partial charge in [-0.05, 0) is 76.4 Å². The van der Waals surface area contributed by atoms with Crippen molar-refractivity contribution in [1.82, 2.24) is 10.2 Å². The number of anilines is 1. The number of carbonyl (C=O) groups is 2. The normalized spacial score (nSPS) is 12.2. The molecular weight excluding hydrogens is 534 g/mol. The van der Waals surface area contributed by atoms with Crippen molar-refractivity contribution in [2.75, 3.05) is 17.4 Å². The fourth-order valence-corrected chi connectivity index (χ4v) is 5.83. The third-order valence-electron chi connectivity index (χ3n) is 6.48. The van der Waals surface area contributed by atoms with Crippen LogP contribution in [0.5, 0.6) is 0 Å². The summed E-state index contributed by atoms with van der Waals surface area (Å²) in [5, 5.41) is 3.24. The Morgan fingerprint density at radius 2 is 1.54 bits per heavy atom. The summed E-state index contributed by atoms with van der Waals surface area (Å²) >= 11 is 6.36.